The minimum absolute atomic E-state index is 0.0461. The van der Waals surface area contributed by atoms with Gasteiger partial charge in [-0.05, 0) is 72.4 Å². The molecule has 1 N–H and O–H groups in total. The van der Waals surface area contributed by atoms with E-state index in [4.69, 9.17) is 0 Å². The first-order valence-corrected chi connectivity index (χ1v) is 10.7. The monoisotopic (exact) mass is 442 g/mol. The van der Waals surface area contributed by atoms with E-state index in [1.54, 1.807) is 6.07 Å². The lowest BCUT2D eigenvalue weighted by Crippen LogP contribution is -2.18. The molecule has 1 aliphatic rings. The van der Waals surface area contributed by atoms with Gasteiger partial charge < -0.3 is 9.84 Å². The zero-order valence-corrected chi connectivity index (χ0v) is 17.4. The van der Waals surface area contributed by atoms with Gasteiger partial charge in [0, 0.05) is 6.42 Å². The molecule has 0 saturated heterocycles. The zero-order chi connectivity index (χ0) is 22.6. The highest BCUT2D eigenvalue weighted by molar-refractivity contribution is 5.33. The average molecular weight is 442 g/mol. The molecule has 170 valence electrons. The van der Waals surface area contributed by atoms with Crippen LogP contribution in [0.2, 0.25) is 0 Å². The highest BCUT2D eigenvalue weighted by Crippen LogP contribution is 2.38. The average Bonchev–Trinajstić information content (AvgIpc) is 2.71. The maximum absolute atomic E-state index is 14.7. The van der Waals surface area contributed by atoms with Crippen molar-refractivity contribution in [3.63, 3.8) is 0 Å². The minimum Gasteiger partial charge on any atom is -0.403 e. The van der Waals surface area contributed by atoms with Gasteiger partial charge in [-0.15, -0.1) is 13.2 Å². The van der Waals surface area contributed by atoms with Crippen LogP contribution in [0.5, 0.6) is 5.75 Å². The Morgan fingerprint density at radius 3 is 2.29 bits per heavy atom. The van der Waals surface area contributed by atoms with Crippen LogP contribution < -0.4 is 4.74 Å². The maximum Gasteiger partial charge on any atom is 0.573 e. The molecule has 1 aliphatic carbocycles. The van der Waals surface area contributed by atoms with Crippen molar-refractivity contribution < 1.29 is 31.8 Å². The summed E-state index contributed by atoms with van der Waals surface area (Å²) in [6.45, 7) is 2.19. The Morgan fingerprint density at radius 2 is 1.71 bits per heavy atom. The first-order valence-electron chi connectivity index (χ1n) is 10.7. The first kappa shape index (κ1) is 23.5. The number of halogens is 5. The van der Waals surface area contributed by atoms with E-state index < -0.39 is 29.9 Å². The number of rotatable bonds is 7. The molecule has 1 saturated carbocycles. The second-order valence-corrected chi connectivity index (χ2v) is 8.31. The largest absolute Gasteiger partial charge is 0.573 e. The van der Waals surface area contributed by atoms with Crippen molar-refractivity contribution >= 4 is 0 Å². The molecular weight excluding hydrogens is 415 g/mol. The fourth-order valence-electron chi connectivity index (χ4n) is 4.43. The van der Waals surface area contributed by atoms with Gasteiger partial charge in [-0.2, -0.15) is 0 Å². The quantitative estimate of drug-likeness (QED) is 0.459. The Balaban J connectivity index is 1.64. The summed E-state index contributed by atoms with van der Waals surface area (Å²) in [6.07, 6.45) is 0.412. The number of aliphatic hydroxyl groups is 1. The number of hydrogen-bond donors (Lipinski definition) is 1. The summed E-state index contributed by atoms with van der Waals surface area (Å²) >= 11 is 0. The van der Waals surface area contributed by atoms with E-state index in [0.29, 0.717) is 5.92 Å². The van der Waals surface area contributed by atoms with E-state index in [2.05, 4.69) is 11.7 Å². The van der Waals surface area contributed by atoms with Crippen molar-refractivity contribution in [3.8, 4) is 5.75 Å². The summed E-state index contributed by atoms with van der Waals surface area (Å²) in [5.74, 6) is -1.58. The molecule has 3 rings (SSSR count). The van der Waals surface area contributed by atoms with Gasteiger partial charge in [-0.25, -0.2) is 8.78 Å². The first-order chi connectivity index (χ1) is 14.7. The fourth-order valence-corrected chi connectivity index (χ4v) is 4.43. The number of alkyl halides is 3. The van der Waals surface area contributed by atoms with Crippen molar-refractivity contribution in [1.82, 2.24) is 0 Å². The predicted molar refractivity (Wildman–Crippen MR) is 108 cm³/mol. The van der Waals surface area contributed by atoms with E-state index in [1.807, 2.05) is 6.07 Å². The smallest absolute Gasteiger partial charge is 0.403 e. The Hall–Kier alpha value is -2.15. The molecule has 0 aromatic heterocycles. The van der Waals surface area contributed by atoms with Gasteiger partial charge in [0.25, 0.3) is 0 Å². The van der Waals surface area contributed by atoms with E-state index >= 15 is 0 Å². The van der Waals surface area contributed by atoms with Crippen LogP contribution >= 0.6 is 0 Å². The molecule has 1 fully saturated rings. The van der Waals surface area contributed by atoms with Crippen molar-refractivity contribution in [1.29, 1.82) is 0 Å². The van der Waals surface area contributed by atoms with Crippen LogP contribution in [0.4, 0.5) is 22.0 Å². The highest BCUT2D eigenvalue weighted by atomic mass is 19.4. The van der Waals surface area contributed by atoms with Crippen molar-refractivity contribution in [2.45, 2.75) is 70.3 Å². The number of benzene rings is 2. The lowest BCUT2D eigenvalue weighted by Gasteiger charge is -2.28. The zero-order valence-electron chi connectivity index (χ0n) is 17.4. The summed E-state index contributed by atoms with van der Waals surface area (Å²) in [6, 6.07) is 7.71. The minimum atomic E-state index is -5.01. The summed E-state index contributed by atoms with van der Waals surface area (Å²) in [5.41, 5.74) is 1.27. The van der Waals surface area contributed by atoms with Crippen LogP contribution in [0.15, 0.2) is 36.4 Å². The fraction of sp³-hybridized carbons (Fsp3) is 0.500. The van der Waals surface area contributed by atoms with Crippen LogP contribution in [-0.4, -0.2) is 11.5 Å². The number of ether oxygens (including phenoxy) is 1. The third-order valence-corrected chi connectivity index (χ3v) is 6.07. The van der Waals surface area contributed by atoms with Gasteiger partial charge in [0.05, 0.1) is 6.10 Å². The summed E-state index contributed by atoms with van der Waals surface area (Å²) in [4.78, 5) is 0. The molecular formula is C24H27F5O2. The van der Waals surface area contributed by atoms with Crippen LogP contribution in [0.25, 0.3) is 0 Å². The summed E-state index contributed by atoms with van der Waals surface area (Å²) < 4.78 is 68.9. The van der Waals surface area contributed by atoms with Crippen molar-refractivity contribution in [3.05, 3.63) is 64.7 Å². The Labute approximate surface area is 179 Å². The molecule has 0 radical (unpaired) electrons. The molecule has 2 nitrogen and oxygen atoms in total. The Morgan fingerprint density at radius 1 is 1.00 bits per heavy atom. The molecule has 0 spiro atoms. The predicted octanol–water partition coefficient (Wildman–Crippen LogP) is 7.21. The van der Waals surface area contributed by atoms with Crippen molar-refractivity contribution in [2.24, 2.45) is 5.92 Å². The maximum atomic E-state index is 14.7. The molecule has 0 amide bonds. The molecule has 2 aromatic carbocycles. The van der Waals surface area contributed by atoms with Gasteiger partial charge in [-0.3, -0.25) is 0 Å². The molecule has 0 heterocycles. The lowest BCUT2D eigenvalue weighted by molar-refractivity contribution is -0.275. The van der Waals surface area contributed by atoms with Crippen LogP contribution in [-0.2, 0) is 6.42 Å². The van der Waals surface area contributed by atoms with E-state index in [1.165, 1.54) is 18.9 Å². The third kappa shape index (κ3) is 6.42. The van der Waals surface area contributed by atoms with Crippen molar-refractivity contribution in [2.75, 3.05) is 0 Å². The Kier molecular flexibility index (Phi) is 7.57. The highest BCUT2D eigenvalue weighted by Gasteiger charge is 2.32. The van der Waals surface area contributed by atoms with Crippen LogP contribution in [0.3, 0.4) is 0 Å². The molecule has 0 aliphatic heterocycles. The van der Waals surface area contributed by atoms with Gasteiger partial charge in [-0.1, -0.05) is 38.0 Å². The number of hydrogen-bond acceptors (Lipinski definition) is 2. The van der Waals surface area contributed by atoms with Crippen LogP contribution in [0.1, 0.15) is 74.2 Å². The molecule has 1 unspecified atom stereocenters. The molecule has 1 atom stereocenters. The van der Waals surface area contributed by atoms with Gasteiger partial charge >= 0.3 is 6.36 Å². The summed E-state index contributed by atoms with van der Waals surface area (Å²) in [7, 11) is 0. The van der Waals surface area contributed by atoms with Gasteiger partial charge in [0.2, 0.25) is 0 Å². The number of aliphatic hydroxyl groups excluding tert-OH is 1. The normalized spacial score (nSPS) is 20.5. The van der Waals surface area contributed by atoms with E-state index in [0.717, 1.165) is 55.4 Å². The second kappa shape index (κ2) is 9.98. The molecule has 31 heavy (non-hydrogen) atoms. The molecule has 2 aromatic rings. The SMILES string of the molecule is CCCC1CCC(c2ccc(CC(O)c3ccc(OC(F)(F)F)c(F)c3)c(F)c2)CC1. The molecule has 7 heteroatoms. The van der Waals surface area contributed by atoms with Crippen LogP contribution in [0, 0.1) is 17.6 Å². The second-order valence-electron chi connectivity index (χ2n) is 8.31. The molecule has 0 bridgehead atoms. The van der Waals surface area contributed by atoms with Gasteiger partial charge in [0.1, 0.15) is 5.82 Å². The van der Waals surface area contributed by atoms with E-state index in [9.17, 15) is 27.1 Å². The Bertz CT molecular complexity index is 873. The summed E-state index contributed by atoms with van der Waals surface area (Å²) in [5, 5.41) is 10.3. The lowest BCUT2D eigenvalue weighted by atomic mass is 9.77. The van der Waals surface area contributed by atoms with E-state index in [-0.39, 0.29) is 17.5 Å². The topological polar surface area (TPSA) is 29.5 Å². The standard InChI is InChI=1S/C24H27F5O2/c1-2-3-15-4-6-16(7-5-15)17-8-9-18(20(25)12-17)14-22(30)19-10-11-23(21(26)13-19)31-24(27,28)29/h8-13,15-16,22,30H,2-7,14H2,1H3. The van der Waals surface area contributed by atoms with Gasteiger partial charge in [0.15, 0.2) is 11.6 Å². The third-order valence-electron chi connectivity index (χ3n) is 6.07.